The van der Waals surface area contributed by atoms with Gasteiger partial charge in [0.2, 0.25) is 5.91 Å². The van der Waals surface area contributed by atoms with Crippen molar-refractivity contribution in [2.24, 2.45) is 11.8 Å². The van der Waals surface area contributed by atoms with E-state index < -0.39 is 0 Å². The number of nitrogens with zero attached hydrogens (tertiary/aromatic N) is 3. The Bertz CT molecular complexity index is 1410. The minimum absolute atomic E-state index is 0.0884. The van der Waals surface area contributed by atoms with Gasteiger partial charge in [-0.15, -0.1) is 0 Å². The van der Waals surface area contributed by atoms with Gasteiger partial charge in [-0.1, -0.05) is 68.6 Å². The molecule has 0 aliphatic heterocycles. The molecule has 7 heteroatoms. The van der Waals surface area contributed by atoms with Gasteiger partial charge in [-0.25, -0.2) is 4.68 Å². The van der Waals surface area contributed by atoms with Crippen molar-refractivity contribution >= 4 is 39.3 Å². The number of benzene rings is 2. The van der Waals surface area contributed by atoms with Crippen molar-refractivity contribution in [1.29, 1.82) is 0 Å². The van der Waals surface area contributed by atoms with Gasteiger partial charge >= 0.3 is 0 Å². The van der Waals surface area contributed by atoms with Crippen LogP contribution < -0.4 is 10.9 Å². The van der Waals surface area contributed by atoms with Gasteiger partial charge < -0.3 is 9.88 Å². The van der Waals surface area contributed by atoms with Gasteiger partial charge in [-0.3, -0.25) is 9.59 Å². The van der Waals surface area contributed by atoms with Crippen LogP contribution in [-0.4, -0.2) is 26.3 Å². The topological polar surface area (TPSA) is 68.9 Å². The molecule has 1 saturated carbocycles. The van der Waals surface area contributed by atoms with Crippen molar-refractivity contribution in [2.75, 3.05) is 0 Å². The van der Waals surface area contributed by atoms with Crippen LogP contribution in [0.25, 0.3) is 21.8 Å². The minimum Gasteiger partial charge on any atom is -0.351 e. The van der Waals surface area contributed by atoms with Crippen molar-refractivity contribution in [1.82, 2.24) is 19.7 Å². The number of nitrogens with one attached hydrogen (secondary N) is 1. The Morgan fingerprint density at radius 2 is 1.85 bits per heavy atom. The van der Waals surface area contributed by atoms with E-state index in [9.17, 15) is 9.59 Å². The summed E-state index contributed by atoms with van der Waals surface area (Å²) in [7, 11) is 0. The third kappa shape index (κ3) is 4.23. The molecule has 1 aliphatic rings. The molecule has 0 unspecified atom stereocenters. The number of para-hydroxylation sites is 1. The maximum absolute atomic E-state index is 13.6. The summed E-state index contributed by atoms with van der Waals surface area (Å²) in [6.07, 6.45) is 5.00. The van der Waals surface area contributed by atoms with Crippen LogP contribution in [0.15, 0.2) is 59.5 Å². The Morgan fingerprint density at radius 1 is 1.09 bits per heavy atom. The van der Waals surface area contributed by atoms with Crippen molar-refractivity contribution in [2.45, 2.75) is 52.2 Å². The summed E-state index contributed by atoms with van der Waals surface area (Å²) in [6.45, 7) is 4.86. The first-order chi connectivity index (χ1) is 16.4. The second-order valence-corrected chi connectivity index (χ2v) is 9.98. The Labute approximate surface area is 203 Å². The maximum atomic E-state index is 13.6. The smallest absolute Gasteiger partial charge is 0.291 e. The molecule has 0 radical (unpaired) electrons. The molecule has 1 N–H and O–H groups in total. The van der Waals surface area contributed by atoms with Gasteiger partial charge in [0.25, 0.3) is 5.56 Å². The van der Waals surface area contributed by atoms with Crippen LogP contribution in [-0.2, 0) is 17.9 Å². The van der Waals surface area contributed by atoms with E-state index in [1.165, 1.54) is 11.1 Å². The fourth-order valence-corrected chi connectivity index (χ4v) is 5.34. The van der Waals surface area contributed by atoms with Crippen molar-refractivity contribution in [3.8, 4) is 0 Å². The summed E-state index contributed by atoms with van der Waals surface area (Å²) < 4.78 is 3.29. The average molecular weight is 477 g/mol. The third-order valence-corrected chi connectivity index (χ3v) is 7.63. The molecule has 0 saturated heterocycles. The number of carbonyl (C=O) groups is 1. The molecule has 2 aromatic carbocycles. The SMILES string of the molecule is C[C@H]1[C@H](C)CCC[C@@H]1NC(=O)Cn1ncc2c3ccccc3n(Cc3ccc(Cl)cc3)c2c1=O. The third-order valence-electron chi connectivity index (χ3n) is 7.37. The minimum atomic E-state index is -0.261. The Balaban J connectivity index is 1.50. The molecule has 0 bridgehead atoms. The highest BCUT2D eigenvalue weighted by Crippen LogP contribution is 2.30. The Morgan fingerprint density at radius 3 is 2.65 bits per heavy atom. The van der Waals surface area contributed by atoms with Crippen LogP contribution in [0.4, 0.5) is 0 Å². The van der Waals surface area contributed by atoms with Crippen molar-refractivity contribution in [3.05, 3.63) is 75.7 Å². The highest BCUT2D eigenvalue weighted by Gasteiger charge is 2.28. The zero-order valence-electron chi connectivity index (χ0n) is 19.5. The molecule has 34 heavy (non-hydrogen) atoms. The molecular weight excluding hydrogens is 448 g/mol. The molecule has 176 valence electrons. The lowest BCUT2D eigenvalue weighted by Crippen LogP contribution is -2.45. The second-order valence-electron chi connectivity index (χ2n) is 9.54. The predicted octanol–water partition coefficient (Wildman–Crippen LogP) is 4.99. The molecule has 6 nitrogen and oxygen atoms in total. The van der Waals surface area contributed by atoms with Crippen LogP contribution in [0.2, 0.25) is 5.02 Å². The first kappa shape index (κ1) is 22.7. The number of rotatable bonds is 5. The average Bonchev–Trinajstić information content (AvgIpc) is 3.14. The number of aromatic nitrogens is 3. The molecule has 5 rings (SSSR count). The standard InChI is InChI=1S/C27H29ClN4O2/c1-17-6-5-8-23(18(17)2)30-25(33)16-32-27(34)26-22(14-29-32)21-7-3-4-9-24(21)31(26)15-19-10-12-20(28)13-11-19/h3-4,7,9-14,17-18,23H,5-6,8,15-16H2,1-2H3,(H,30,33)/t17-,18+,23+/m1/s1. The highest BCUT2D eigenvalue weighted by atomic mass is 35.5. The van der Waals surface area contributed by atoms with E-state index in [1.807, 2.05) is 53.1 Å². The monoisotopic (exact) mass is 476 g/mol. The first-order valence-corrected chi connectivity index (χ1v) is 12.3. The van der Waals surface area contributed by atoms with E-state index in [0.29, 0.717) is 28.9 Å². The van der Waals surface area contributed by atoms with Gasteiger partial charge in [0.1, 0.15) is 12.1 Å². The van der Waals surface area contributed by atoms with Crippen LogP contribution >= 0.6 is 11.6 Å². The number of hydrogen-bond acceptors (Lipinski definition) is 3. The molecule has 0 spiro atoms. The van der Waals surface area contributed by atoms with Crippen LogP contribution in [0, 0.1) is 11.8 Å². The molecule has 3 atom stereocenters. The van der Waals surface area contributed by atoms with Crippen molar-refractivity contribution < 1.29 is 4.79 Å². The summed E-state index contributed by atoms with van der Waals surface area (Å²) in [5, 5.41) is 9.95. The van der Waals surface area contributed by atoms with Crippen molar-refractivity contribution in [3.63, 3.8) is 0 Å². The maximum Gasteiger partial charge on any atom is 0.291 e. The van der Waals surface area contributed by atoms with Gasteiger partial charge in [0.15, 0.2) is 0 Å². The zero-order chi connectivity index (χ0) is 23.8. The van der Waals surface area contributed by atoms with E-state index in [4.69, 9.17) is 11.6 Å². The van der Waals surface area contributed by atoms with E-state index in [2.05, 4.69) is 24.3 Å². The number of amides is 1. The van der Waals surface area contributed by atoms with Crippen LogP contribution in [0.3, 0.4) is 0 Å². The normalized spacial score (nSPS) is 20.6. The fraction of sp³-hybridized carbons (Fsp3) is 0.370. The molecule has 1 fully saturated rings. The number of carbonyl (C=O) groups excluding carboxylic acids is 1. The lowest BCUT2D eigenvalue weighted by Gasteiger charge is -2.34. The Kier molecular flexibility index (Phi) is 6.17. The van der Waals surface area contributed by atoms with E-state index in [1.54, 1.807) is 6.20 Å². The number of halogens is 1. The summed E-state index contributed by atoms with van der Waals surface area (Å²) in [5.74, 6) is 0.840. The van der Waals surface area contributed by atoms with E-state index in [0.717, 1.165) is 34.7 Å². The van der Waals surface area contributed by atoms with Gasteiger partial charge in [0.05, 0.1) is 6.20 Å². The zero-order valence-corrected chi connectivity index (χ0v) is 20.3. The quantitative estimate of drug-likeness (QED) is 0.441. The lowest BCUT2D eigenvalue weighted by molar-refractivity contribution is -0.123. The summed E-state index contributed by atoms with van der Waals surface area (Å²) >= 11 is 6.06. The van der Waals surface area contributed by atoms with Gasteiger partial charge in [0, 0.05) is 33.9 Å². The molecular formula is C27H29ClN4O2. The van der Waals surface area contributed by atoms with Gasteiger partial charge in [-0.05, 0) is 42.0 Å². The fourth-order valence-electron chi connectivity index (χ4n) is 5.22. The van der Waals surface area contributed by atoms with E-state index in [-0.39, 0.29) is 24.1 Å². The lowest BCUT2D eigenvalue weighted by atomic mass is 9.78. The Hall–Kier alpha value is -3.12. The number of hydrogen-bond donors (Lipinski definition) is 1. The largest absolute Gasteiger partial charge is 0.351 e. The molecule has 4 aromatic rings. The van der Waals surface area contributed by atoms with Crippen LogP contribution in [0.5, 0.6) is 0 Å². The van der Waals surface area contributed by atoms with Crippen LogP contribution in [0.1, 0.15) is 38.7 Å². The number of fused-ring (bicyclic) bond motifs is 3. The summed E-state index contributed by atoms with van der Waals surface area (Å²) in [6, 6.07) is 15.7. The first-order valence-electron chi connectivity index (χ1n) is 11.9. The molecule has 2 aromatic heterocycles. The second kappa shape index (κ2) is 9.26. The van der Waals surface area contributed by atoms with Gasteiger partial charge in [-0.2, -0.15) is 5.10 Å². The molecule has 1 amide bonds. The summed E-state index contributed by atoms with van der Waals surface area (Å²) in [5.41, 5.74) is 2.29. The van der Waals surface area contributed by atoms with E-state index >= 15 is 0 Å². The molecule has 2 heterocycles. The summed E-state index contributed by atoms with van der Waals surface area (Å²) in [4.78, 5) is 26.5. The molecule has 1 aliphatic carbocycles. The predicted molar refractivity (Wildman–Crippen MR) is 136 cm³/mol. The highest BCUT2D eigenvalue weighted by molar-refractivity contribution is 6.30.